The summed E-state index contributed by atoms with van der Waals surface area (Å²) in [7, 11) is 0. The summed E-state index contributed by atoms with van der Waals surface area (Å²) in [5.41, 5.74) is 4.03. The van der Waals surface area contributed by atoms with Gasteiger partial charge in [-0.2, -0.15) is 5.10 Å². The van der Waals surface area contributed by atoms with E-state index in [4.69, 9.17) is 11.6 Å². The van der Waals surface area contributed by atoms with E-state index in [9.17, 15) is 0 Å². The molecule has 1 atom stereocenters. The number of rotatable bonds is 1. The van der Waals surface area contributed by atoms with Crippen LogP contribution < -0.4 is 0 Å². The molecule has 0 saturated heterocycles. The Kier molecular flexibility index (Phi) is 2.30. The Morgan fingerprint density at radius 1 is 1.41 bits per heavy atom. The zero-order valence-corrected chi connectivity index (χ0v) is 10.8. The maximum atomic E-state index is 6.07. The van der Waals surface area contributed by atoms with Gasteiger partial charge in [-0.15, -0.1) is 0 Å². The van der Waals surface area contributed by atoms with Gasteiger partial charge in [0.25, 0.3) is 0 Å². The molecule has 0 bridgehead atoms. The summed E-state index contributed by atoms with van der Waals surface area (Å²) >= 11 is 6.07. The molecule has 3 rings (SSSR count). The lowest BCUT2D eigenvalue weighted by Crippen LogP contribution is -2.14. The van der Waals surface area contributed by atoms with Crippen molar-refractivity contribution in [2.24, 2.45) is 0 Å². The van der Waals surface area contributed by atoms with Gasteiger partial charge in [-0.25, -0.2) is 0 Å². The number of benzene rings is 1. The normalized spacial score (nSPS) is 21.5. The van der Waals surface area contributed by atoms with E-state index in [1.807, 2.05) is 18.3 Å². The molecular formula is C14H15ClN2. The van der Waals surface area contributed by atoms with Crippen molar-refractivity contribution in [3.63, 3.8) is 0 Å². The molecule has 2 nitrogen and oxygen atoms in total. The molecule has 0 fully saturated rings. The Morgan fingerprint density at radius 2 is 2.24 bits per heavy atom. The molecule has 1 heterocycles. The lowest BCUT2D eigenvalue weighted by atomic mass is 9.86. The van der Waals surface area contributed by atoms with Crippen LogP contribution in [-0.2, 0) is 5.41 Å². The first kappa shape index (κ1) is 10.8. The quantitative estimate of drug-likeness (QED) is 0.813. The Bertz CT molecular complexity index is 557. The zero-order chi connectivity index (χ0) is 12.0. The van der Waals surface area contributed by atoms with Crippen LogP contribution in [0.15, 0.2) is 30.5 Å². The Balaban J connectivity index is 2.08. The van der Waals surface area contributed by atoms with Crippen LogP contribution in [0, 0.1) is 0 Å². The minimum absolute atomic E-state index is 0.165. The maximum absolute atomic E-state index is 6.07. The van der Waals surface area contributed by atoms with Crippen molar-refractivity contribution in [1.82, 2.24) is 10.2 Å². The minimum atomic E-state index is 0.165. The van der Waals surface area contributed by atoms with E-state index in [2.05, 4.69) is 36.2 Å². The molecule has 17 heavy (non-hydrogen) atoms. The van der Waals surface area contributed by atoms with E-state index >= 15 is 0 Å². The average molecular weight is 247 g/mol. The fourth-order valence-corrected chi connectivity index (χ4v) is 3.04. The minimum Gasteiger partial charge on any atom is -0.282 e. The van der Waals surface area contributed by atoms with Crippen LogP contribution in [0.1, 0.15) is 43.0 Å². The molecule has 1 aromatic heterocycles. The van der Waals surface area contributed by atoms with Gasteiger partial charge in [0.2, 0.25) is 0 Å². The number of nitrogens with one attached hydrogen (secondary N) is 1. The van der Waals surface area contributed by atoms with Crippen LogP contribution in [0.3, 0.4) is 0 Å². The number of hydrogen-bond acceptors (Lipinski definition) is 1. The molecule has 1 aromatic carbocycles. The number of hydrogen-bond donors (Lipinski definition) is 1. The molecule has 0 saturated carbocycles. The molecule has 1 N–H and O–H groups in total. The van der Waals surface area contributed by atoms with Gasteiger partial charge in [0.1, 0.15) is 0 Å². The number of H-pyrrole nitrogens is 1. The van der Waals surface area contributed by atoms with Crippen molar-refractivity contribution in [3.05, 3.63) is 52.3 Å². The van der Waals surface area contributed by atoms with E-state index in [0.717, 1.165) is 11.4 Å². The van der Waals surface area contributed by atoms with Crippen LogP contribution in [0.5, 0.6) is 0 Å². The number of aromatic amines is 1. The second-order valence-electron chi connectivity index (χ2n) is 5.40. The van der Waals surface area contributed by atoms with Gasteiger partial charge < -0.3 is 0 Å². The molecule has 0 spiro atoms. The lowest BCUT2D eigenvalue weighted by molar-refractivity contribution is 0.483. The van der Waals surface area contributed by atoms with Gasteiger partial charge in [0, 0.05) is 27.6 Å². The highest BCUT2D eigenvalue weighted by Gasteiger charge is 2.39. The Labute approximate surface area is 106 Å². The first-order chi connectivity index (χ1) is 8.08. The van der Waals surface area contributed by atoms with Crippen LogP contribution in [0.4, 0.5) is 0 Å². The van der Waals surface area contributed by atoms with E-state index in [1.54, 1.807) is 0 Å². The van der Waals surface area contributed by atoms with Crippen LogP contribution in [0.2, 0.25) is 5.02 Å². The SMILES string of the molecule is CC1(C)CC(c2cccc(Cl)c2)c2cn[nH]c21. The molecule has 0 amide bonds. The van der Waals surface area contributed by atoms with E-state index in [-0.39, 0.29) is 5.41 Å². The largest absolute Gasteiger partial charge is 0.282 e. The molecule has 1 aliphatic rings. The van der Waals surface area contributed by atoms with Crippen molar-refractivity contribution in [3.8, 4) is 0 Å². The molecule has 0 aliphatic heterocycles. The molecule has 3 heteroatoms. The van der Waals surface area contributed by atoms with Crippen LogP contribution in [-0.4, -0.2) is 10.2 Å². The molecule has 1 aliphatic carbocycles. The first-order valence-electron chi connectivity index (χ1n) is 5.87. The first-order valence-corrected chi connectivity index (χ1v) is 6.25. The number of nitrogens with zero attached hydrogens (tertiary/aromatic N) is 1. The van der Waals surface area contributed by atoms with Crippen LogP contribution in [0.25, 0.3) is 0 Å². The summed E-state index contributed by atoms with van der Waals surface area (Å²) in [5, 5.41) is 8.12. The fourth-order valence-electron chi connectivity index (χ4n) is 2.84. The second kappa shape index (κ2) is 3.61. The maximum Gasteiger partial charge on any atom is 0.0528 e. The zero-order valence-electron chi connectivity index (χ0n) is 10.00. The van der Waals surface area contributed by atoms with Gasteiger partial charge in [0.05, 0.1) is 6.20 Å². The Morgan fingerprint density at radius 3 is 3.00 bits per heavy atom. The highest BCUT2D eigenvalue weighted by Crippen LogP contribution is 2.47. The second-order valence-corrected chi connectivity index (χ2v) is 5.83. The highest BCUT2D eigenvalue weighted by atomic mass is 35.5. The van der Waals surface area contributed by atoms with Crippen molar-refractivity contribution in [2.75, 3.05) is 0 Å². The topological polar surface area (TPSA) is 28.7 Å². The summed E-state index contributed by atoms with van der Waals surface area (Å²) in [4.78, 5) is 0. The fraction of sp³-hybridized carbons (Fsp3) is 0.357. The number of halogens is 1. The highest BCUT2D eigenvalue weighted by molar-refractivity contribution is 6.30. The van der Waals surface area contributed by atoms with Gasteiger partial charge >= 0.3 is 0 Å². The summed E-state index contributed by atoms with van der Waals surface area (Å²) in [6, 6.07) is 8.14. The molecule has 1 unspecified atom stereocenters. The van der Waals surface area contributed by atoms with E-state index in [0.29, 0.717) is 5.92 Å². The molecule has 88 valence electrons. The third-order valence-corrected chi connectivity index (χ3v) is 3.92. The Hall–Kier alpha value is -1.28. The van der Waals surface area contributed by atoms with Gasteiger partial charge in [0.15, 0.2) is 0 Å². The van der Waals surface area contributed by atoms with Crippen molar-refractivity contribution in [2.45, 2.75) is 31.6 Å². The molecule has 0 radical (unpaired) electrons. The average Bonchev–Trinajstić information content (AvgIpc) is 2.82. The van der Waals surface area contributed by atoms with E-state index < -0.39 is 0 Å². The van der Waals surface area contributed by atoms with E-state index in [1.165, 1.54) is 16.8 Å². The standard InChI is InChI=1S/C14H15ClN2/c1-14(2)7-11(12-8-16-17-13(12)14)9-4-3-5-10(15)6-9/h3-6,8,11H,7H2,1-2H3,(H,16,17). The third kappa shape index (κ3) is 1.67. The summed E-state index contributed by atoms with van der Waals surface area (Å²) in [6.07, 6.45) is 3.06. The number of fused-ring (bicyclic) bond motifs is 1. The summed E-state index contributed by atoms with van der Waals surface area (Å²) in [5.74, 6) is 0.414. The van der Waals surface area contributed by atoms with Crippen molar-refractivity contribution in [1.29, 1.82) is 0 Å². The predicted molar refractivity (Wildman–Crippen MR) is 69.5 cm³/mol. The lowest BCUT2D eigenvalue weighted by Gasteiger charge is -2.18. The van der Waals surface area contributed by atoms with Gasteiger partial charge in [-0.05, 0) is 24.1 Å². The van der Waals surface area contributed by atoms with Gasteiger partial charge in [-0.3, -0.25) is 5.10 Å². The van der Waals surface area contributed by atoms with Crippen molar-refractivity contribution >= 4 is 11.6 Å². The van der Waals surface area contributed by atoms with Gasteiger partial charge in [-0.1, -0.05) is 37.6 Å². The van der Waals surface area contributed by atoms with Crippen LogP contribution >= 0.6 is 11.6 Å². The molecule has 2 aromatic rings. The predicted octanol–water partition coefficient (Wildman–Crippen LogP) is 3.88. The number of aromatic nitrogens is 2. The third-order valence-electron chi connectivity index (χ3n) is 3.69. The summed E-state index contributed by atoms with van der Waals surface area (Å²) in [6.45, 7) is 4.52. The smallest absolute Gasteiger partial charge is 0.0528 e. The molecular weight excluding hydrogens is 232 g/mol. The van der Waals surface area contributed by atoms with Crippen molar-refractivity contribution < 1.29 is 0 Å². The monoisotopic (exact) mass is 246 g/mol. The summed E-state index contributed by atoms with van der Waals surface area (Å²) < 4.78 is 0.